The van der Waals surface area contributed by atoms with Gasteiger partial charge in [-0.1, -0.05) is 23.2 Å². The van der Waals surface area contributed by atoms with Gasteiger partial charge in [0.25, 0.3) is 10.0 Å². The zero-order valence-electron chi connectivity index (χ0n) is 9.43. The third kappa shape index (κ3) is 3.61. The molecule has 2 aromatic rings. The summed E-state index contributed by atoms with van der Waals surface area (Å²) < 4.78 is 26.5. The minimum absolute atomic E-state index is 0.0950. The predicted molar refractivity (Wildman–Crippen MR) is 77.5 cm³/mol. The van der Waals surface area contributed by atoms with E-state index in [2.05, 4.69) is 4.72 Å². The Morgan fingerprint density at radius 1 is 1.16 bits per heavy atom. The molecular weight excluding hydrogens is 329 g/mol. The fourth-order valence-electron chi connectivity index (χ4n) is 1.41. The van der Waals surface area contributed by atoms with Gasteiger partial charge in [0, 0.05) is 20.3 Å². The van der Waals surface area contributed by atoms with Gasteiger partial charge in [-0.2, -0.15) is 0 Å². The fraction of sp³-hybridized carbons (Fsp3) is 0.0909. The standard InChI is InChI=1S/C11H9Cl2NO3S2/c12-7-1-8(13)3-9(2-7)14-19(16,17)11-4-10(5-15)18-6-11/h1-4,6,14-15H,5H2. The van der Waals surface area contributed by atoms with Crippen molar-refractivity contribution in [1.82, 2.24) is 0 Å². The van der Waals surface area contributed by atoms with Crippen LogP contribution in [-0.2, 0) is 16.6 Å². The summed E-state index contributed by atoms with van der Waals surface area (Å²) in [4.78, 5) is 0.669. The highest BCUT2D eigenvalue weighted by Gasteiger charge is 2.16. The van der Waals surface area contributed by atoms with Crippen LogP contribution in [0.2, 0.25) is 10.0 Å². The van der Waals surface area contributed by atoms with E-state index in [0.717, 1.165) is 0 Å². The summed E-state index contributed by atoms with van der Waals surface area (Å²) in [5, 5.41) is 11.1. The quantitative estimate of drug-likeness (QED) is 0.898. The maximum absolute atomic E-state index is 12.1. The number of rotatable bonds is 4. The SMILES string of the molecule is O=S(=O)(Nc1cc(Cl)cc(Cl)c1)c1csc(CO)c1. The Hall–Kier alpha value is -0.790. The van der Waals surface area contributed by atoms with E-state index in [4.69, 9.17) is 28.3 Å². The summed E-state index contributed by atoms with van der Waals surface area (Å²) in [6.07, 6.45) is 0. The topological polar surface area (TPSA) is 66.4 Å². The number of halogens is 2. The Kier molecular flexibility index (Phi) is 4.37. The highest BCUT2D eigenvalue weighted by atomic mass is 35.5. The first-order valence-corrected chi connectivity index (χ1v) is 8.20. The maximum Gasteiger partial charge on any atom is 0.262 e. The Balaban J connectivity index is 2.30. The summed E-state index contributed by atoms with van der Waals surface area (Å²) in [7, 11) is -3.70. The van der Waals surface area contributed by atoms with E-state index in [9.17, 15) is 8.42 Å². The largest absolute Gasteiger partial charge is 0.391 e. The van der Waals surface area contributed by atoms with Gasteiger partial charge < -0.3 is 5.11 Å². The van der Waals surface area contributed by atoms with Gasteiger partial charge in [-0.05, 0) is 24.3 Å². The van der Waals surface area contributed by atoms with Crippen molar-refractivity contribution in [1.29, 1.82) is 0 Å². The highest BCUT2D eigenvalue weighted by molar-refractivity contribution is 7.92. The van der Waals surface area contributed by atoms with Crippen LogP contribution >= 0.6 is 34.5 Å². The first-order chi connectivity index (χ1) is 8.90. The number of sulfonamides is 1. The molecule has 0 bridgehead atoms. The second kappa shape index (κ2) is 5.68. The first-order valence-electron chi connectivity index (χ1n) is 5.08. The minimum Gasteiger partial charge on any atom is -0.391 e. The van der Waals surface area contributed by atoms with Gasteiger partial charge in [-0.3, -0.25) is 4.72 Å². The van der Waals surface area contributed by atoms with Crippen LogP contribution in [0.5, 0.6) is 0 Å². The number of hydrogen-bond acceptors (Lipinski definition) is 4. The lowest BCUT2D eigenvalue weighted by molar-refractivity contribution is 0.285. The lowest BCUT2D eigenvalue weighted by Gasteiger charge is -2.07. The van der Waals surface area contributed by atoms with Crippen LogP contribution in [-0.4, -0.2) is 13.5 Å². The summed E-state index contributed by atoms with van der Waals surface area (Å²) in [6.45, 7) is -0.191. The molecule has 0 spiro atoms. The molecule has 0 radical (unpaired) electrons. The molecule has 8 heteroatoms. The summed E-state index contributed by atoms with van der Waals surface area (Å²) in [5.74, 6) is 0. The maximum atomic E-state index is 12.1. The molecule has 0 aliphatic carbocycles. The third-order valence-electron chi connectivity index (χ3n) is 2.21. The normalized spacial score (nSPS) is 11.5. The average Bonchev–Trinajstić information content (AvgIpc) is 2.75. The highest BCUT2D eigenvalue weighted by Crippen LogP contribution is 2.26. The zero-order valence-corrected chi connectivity index (χ0v) is 12.6. The van der Waals surface area contributed by atoms with Crippen LogP contribution in [0.15, 0.2) is 34.5 Å². The molecule has 1 aromatic carbocycles. The van der Waals surface area contributed by atoms with E-state index >= 15 is 0 Å². The number of nitrogens with one attached hydrogen (secondary N) is 1. The molecule has 19 heavy (non-hydrogen) atoms. The van der Waals surface area contributed by atoms with Gasteiger partial charge in [0.1, 0.15) is 0 Å². The molecule has 0 amide bonds. The van der Waals surface area contributed by atoms with Gasteiger partial charge >= 0.3 is 0 Å². The summed E-state index contributed by atoms with van der Waals surface area (Å²) in [5.41, 5.74) is 0.286. The van der Waals surface area contributed by atoms with Crippen molar-refractivity contribution >= 4 is 50.2 Å². The number of benzene rings is 1. The van der Waals surface area contributed by atoms with Crippen LogP contribution in [0, 0.1) is 0 Å². The lowest BCUT2D eigenvalue weighted by Crippen LogP contribution is -2.12. The van der Waals surface area contributed by atoms with Crippen molar-refractivity contribution in [3.63, 3.8) is 0 Å². The van der Waals surface area contributed by atoms with E-state index in [-0.39, 0.29) is 17.2 Å². The van der Waals surface area contributed by atoms with E-state index in [0.29, 0.717) is 14.9 Å². The molecule has 2 N–H and O–H groups in total. The van der Waals surface area contributed by atoms with Gasteiger partial charge in [0.15, 0.2) is 0 Å². The molecule has 102 valence electrons. The van der Waals surface area contributed by atoms with E-state index in [1.54, 1.807) is 0 Å². The van der Waals surface area contributed by atoms with Gasteiger partial charge in [-0.25, -0.2) is 8.42 Å². The van der Waals surface area contributed by atoms with Gasteiger partial charge in [-0.15, -0.1) is 11.3 Å². The van der Waals surface area contributed by atoms with Crippen molar-refractivity contribution in [3.05, 3.63) is 44.6 Å². The zero-order chi connectivity index (χ0) is 14.0. The number of thiophene rings is 1. The van der Waals surface area contributed by atoms with Crippen molar-refractivity contribution in [2.75, 3.05) is 4.72 Å². The molecule has 2 rings (SSSR count). The van der Waals surface area contributed by atoms with Crippen LogP contribution in [0.3, 0.4) is 0 Å². The Morgan fingerprint density at radius 3 is 2.32 bits per heavy atom. The third-order valence-corrected chi connectivity index (χ3v) is 5.08. The number of aliphatic hydroxyl groups is 1. The van der Waals surface area contributed by atoms with Crippen LogP contribution in [0.4, 0.5) is 5.69 Å². The summed E-state index contributed by atoms with van der Waals surface area (Å²) >= 11 is 12.8. The molecule has 0 atom stereocenters. The Morgan fingerprint density at radius 2 is 1.79 bits per heavy atom. The van der Waals surface area contributed by atoms with E-state index in [1.807, 2.05) is 0 Å². The minimum atomic E-state index is -3.70. The second-order valence-electron chi connectivity index (χ2n) is 3.67. The van der Waals surface area contributed by atoms with Crippen molar-refractivity contribution in [2.45, 2.75) is 11.5 Å². The molecule has 0 aliphatic heterocycles. The molecule has 4 nitrogen and oxygen atoms in total. The van der Waals surface area contributed by atoms with Gasteiger partial charge in [0.2, 0.25) is 0 Å². The molecule has 0 saturated carbocycles. The van der Waals surface area contributed by atoms with E-state index in [1.165, 1.54) is 41.0 Å². The molecule has 0 unspecified atom stereocenters. The molecule has 0 fully saturated rings. The number of anilines is 1. The van der Waals surface area contributed by atoms with Crippen LogP contribution in [0.25, 0.3) is 0 Å². The monoisotopic (exact) mass is 337 g/mol. The van der Waals surface area contributed by atoms with Crippen molar-refractivity contribution < 1.29 is 13.5 Å². The molecule has 0 aliphatic rings. The van der Waals surface area contributed by atoms with Crippen molar-refractivity contribution in [3.8, 4) is 0 Å². The first kappa shape index (κ1) is 14.6. The van der Waals surface area contributed by atoms with Crippen molar-refractivity contribution in [2.24, 2.45) is 0 Å². The molecule has 0 saturated heterocycles. The van der Waals surface area contributed by atoms with Crippen LogP contribution < -0.4 is 4.72 Å². The smallest absolute Gasteiger partial charge is 0.262 e. The number of aliphatic hydroxyl groups excluding tert-OH is 1. The van der Waals surface area contributed by atoms with Crippen LogP contribution in [0.1, 0.15) is 4.88 Å². The van der Waals surface area contributed by atoms with E-state index < -0.39 is 10.0 Å². The Bertz CT molecular complexity index is 677. The average molecular weight is 338 g/mol. The second-order valence-corrected chi connectivity index (χ2v) is 7.22. The molecule has 1 heterocycles. The predicted octanol–water partition coefficient (Wildman–Crippen LogP) is 3.35. The Labute approximate surface area is 124 Å². The van der Waals surface area contributed by atoms with Gasteiger partial charge in [0.05, 0.1) is 17.2 Å². The molecular formula is C11H9Cl2NO3S2. The fourth-order valence-corrected chi connectivity index (χ4v) is 4.11. The summed E-state index contributed by atoms with van der Waals surface area (Å²) in [6, 6.07) is 5.85. The molecule has 1 aromatic heterocycles. The number of hydrogen-bond donors (Lipinski definition) is 2. The lowest BCUT2D eigenvalue weighted by atomic mass is 10.3.